The largest absolute Gasteiger partial charge is 0.462 e. The molecule has 2 heterocycles. The maximum absolute atomic E-state index is 12.7. The number of carbonyl (C=O) groups excluding carboxylic acids is 2. The number of ether oxygens (including phenoxy) is 2. The van der Waals surface area contributed by atoms with E-state index in [4.69, 9.17) is 9.47 Å². The summed E-state index contributed by atoms with van der Waals surface area (Å²) in [6.45, 7) is 9.08. The molecule has 0 aliphatic carbocycles. The van der Waals surface area contributed by atoms with Crippen molar-refractivity contribution in [2.75, 3.05) is 19.7 Å². The number of nitrogens with one attached hydrogen (secondary N) is 1. The third kappa shape index (κ3) is 3.35. The Hall–Kier alpha value is -2.08. The van der Waals surface area contributed by atoms with Crippen molar-refractivity contribution in [2.45, 2.75) is 51.3 Å². The summed E-state index contributed by atoms with van der Waals surface area (Å²) in [5.41, 5.74) is 0.590. The van der Waals surface area contributed by atoms with E-state index in [1.165, 1.54) is 0 Å². The smallest absolute Gasteiger partial charge is 0.411 e. The fraction of sp³-hybridized carbons (Fsp3) is 0.579. The lowest BCUT2D eigenvalue weighted by Crippen LogP contribution is -2.54. The molecule has 2 unspecified atom stereocenters. The first-order valence-electron chi connectivity index (χ1n) is 8.77. The van der Waals surface area contributed by atoms with E-state index in [2.05, 4.69) is 5.32 Å². The predicted molar refractivity (Wildman–Crippen MR) is 93.4 cm³/mol. The van der Waals surface area contributed by atoms with Crippen LogP contribution in [0.3, 0.4) is 0 Å². The maximum atomic E-state index is 12.7. The first-order chi connectivity index (χ1) is 11.7. The molecule has 2 bridgehead atoms. The average molecular weight is 346 g/mol. The normalized spacial score (nSPS) is 25.1. The summed E-state index contributed by atoms with van der Waals surface area (Å²) >= 11 is 0. The molecule has 1 aromatic carbocycles. The number of amides is 1. The van der Waals surface area contributed by atoms with Crippen LogP contribution in [-0.2, 0) is 15.0 Å². The lowest BCUT2D eigenvalue weighted by molar-refractivity contribution is 0.00454. The van der Waals surface area contributed by atoms with Crippen molar-refractivity contribution in [3.8, 4) is 0 Å². The number of carbonyl (C=O) groups is 2. The fourth-order valence-electron chi connectivity index (χ4n) is 3.67. The van der Waals surface area contributed by atoms with Crippen LogP contribution < -0.4 is 5.32 Å². The van der Waals surface area contributed by atoms with E-state index < -0.39 is 11.1 Å². The van der Waals surface area contributed by atoms with Gasteiger partial charge in [0.2, 0.25) is 0 Å². The third-order valence-electron chi connectivity index (χ3n) is 4.73. The molecule has 25 heavy (non-hydrogen) atoms. The minimum atomic E-state index is -0.526. The van der Waals surface area contributed by atoms with Gasteiger partial charge in [-0.15, -0.1) is 0 Å². The molecule has 6 nitrogen and oxygen atoms in total. The first kappa shape index (κ1) is 17.7. The van der Waals surface area contributed by atoms with E-state index in [0.29, 0.717) is 25.3 Å². The van der Waals surface area contributed by atoms with Gasteiger partial charge in [0.25, 0.3) is 0 Å². The lowest BCUT2D eigenvalue weighted by Gasteiger charge is -2.39. The molecule has 2 atom stereocenters. The standard InChI is InChI=1S/C19H26N2O4/c1-5-24-16(22)13-6-8-14(9-7-13)19-10-15(20-12-19)11-21(19)17(23)25-18(2,3)4/h6-9,15,20H,5,10-12H2,1-4H3. The number of benzene rings is 1. The van der Waals surface area contributed by atoms with Crippen molar-refractivity contribution in [1.29, 1.82) is 0 Å². The molecule has 2 aliphatic rings. The zero-order chi connectivity index (χ0) is 18.2. The molecule has 2 fully saturated rings. The third-order valence-corrected chi connectivity index (χ3v) is 4.73. The van der Waals surface area contributed by atoms with Gasteiger partial charge in [-0.2, -0.15) is 0 Å². The van der Waals surface area contributed by atoms with Crippen LogP contribution in [0.25, 0.3) is 0 Å². The number of rotatable bonds is 3. The number of nitrogens with zero attached hydrogens (tertiary/aromatic N) is 1. The van der Waals surface area contributed by atoms with Crippen LogP contribution >= 0.6 is 0 Å². The molecule has 0 aromatic heterocycles. The highest BCUT2D eigenvalue weighted by Gasteiger charge is 2.54. The Labute approximate surface area is 148 Å². The molecular weight excluding hydrogens is 320 g/mol. The molecule has 6 heteroatoms. The summed E-state index contributed by atoms with van der Waals surface area (Å²) in [4.78, 5) is 26.4. The summed E-state index contributed by atoms with van der Waals surface area (Å²) in [5, 5.41) is 3.46. The minimum Gasteiger partial charge on any atom is -0.462 e. The number of piperazine rings is 1. The van der Waals surface area contributed by atoms with Crippen LogP contribution in [0.1, 0.15) is 50.0 Å². The Bertz CT molecular complexity index is 665. The Morgan fingerprint density at radius 1 is 1.28 bits per heavy atom. The fourth-order valence-corrected chi connectivity index (χ4v) is 3.67. The molecule has 136 valence electrons. The molecule has 3 rings (SSSR count). The van der Waals surface area contributed by atoms with Crippen LogP contribution in [0.15, 0.2) is 24.3 Å². The summed E-state index contributed by atoms with van der Waals surface area (Å²) in [6, 6.07) is 7.64. The van der Waals surface area contributed by atoms with E-state index in [0.717, 1.165) is 12.0 Å². The summed E-state index contributed by atoms with van der Waals surface area (Å²) in [6.07, 6.45) is 0.566. The van der Waals surface area contributed by atoms with E-state index in [1.807, 2.05) is 37.8 Å². The van der Waals surface area contributed by atoms with Gasteiger partial charge in [0.05, 0.1) is 17.7 Å². The molecule has 1 aromatic rings. The number of hydrogen-bond acceptors (Lipinski definition) is 5. The number of fused-ring (bicyclic) bond motifs is 2. The quantitative estimate of drug-likeness (QED) is 0.852. The second-order valence-electron chi connectivity index (χ2n) is 7.70. The Morgan fingerprint density at radius 2 is 1.96 bits per heavy atom. The molecule has 2 saturated heterocycles. The van der Waals surface area contributed by atoms with Gasteiger partial charge in [-0.3, -0.25) is 4.90 Å². The SMILES string of the molecule is CCOC(=O)c1ccc(C23CNC(CN2C(=O)OC(C)(C)C)C3)cc1. The van der Waals surface area contributed by atoms with E-state index in [-0.39, 0.29) is 18.1 Å². The summed E-state index contributed by atoms with van der Waals surface area (Å²) in [7, 11) is 0. The highest BCUT2D eigenvalue weighted by molar-refractivity contribution is 5.89. The second kappa shape index (κ2) is 6.33. The Kier molecular flexibility index (Phi) is 4.49. The van der Waals surface area contributed by atoms with E-state index >= 15 is 0 Å². The van der Waals surface area contributed by atoms with Crippen molar-refractivity contribution in [1.82, 2.24) is 10.2 Å². The monoisotopic (exact) mass is 346 g/mol. The van der Waals surface area contributed by atoms with Crippen molar-refractivity contribution in [3.05, 3.63) is 35.4 Å². The number of hydrogen-bond donors (Lipinski definition) is 1. The van der Waals surface area contributed by atoms with Gasteiger partial charge in [-0.1, -0.05) is 12.1 Å². The Morgan fingerprint density at radius 3 is 2.52 bits per heavy atom. The van der Waals surface area contributed by atoms with Gasteiger partial charge >= 0.3 is 12.1 Å². The number of likely N-dealkylation sites (tertiary alicyclic amines) is 1. The molecule has 0 saturated carbocycles. The summed E-state index contributed by atoms with van der Waals surface area (Å²) in [5.74, 6) is -0.329. The van der Waals surface area contributed by atoms with Gasteiger partial charge in [0.15, 0.2) is 0 Å². The average Bonchev–Trinajstić information content (AvgIpc) is 3.13. The van der Waals surface area contributed by atoms with Crippen molar-refractivity contribution in [2.24, 2.45) is 0 Å². The first-order valence-corrected chi connectivity index (χ1v) is 8.77. The number of esters is 1. The van der Waals surface area contributed by atoms with Crippen molar-refractivity contribution in [3.63, 3.8) is 0 Å². The van der Waals surface area contributed by atoms with Crippen molar-refractivity contribution < 1.29 is 19.1 Å². The molecular formula is C19H26N2O4. The van der Waals surface area contributed by atoms with E-state index in [1.54, 1.807) is 19.1 Å². The maximum Gasteiger partial charge on any atom is 0.411 e. The van der Waals surface area contributed by atoms with Gasteiger partial charge in [-0.05, 0) is 51.8 Å². The van der Waals surface area contributed by atoms with E-state index in [9.17, 15) is 9.59 Å². The molecule has 0 radical (unpaired) electrons. The minimum absolute atomic E-state index is 0.275. The zero-order valence-electron chi connectivity index (χ0n) is 15.3. The highest BCUT2D eigenvalue weighted by Crippen LogP contribution is 2.43. The second-order valence-corrected chi connectivity index (χ2v) is 7.70. The van der Waals surface area contributed by atoms with Crippen molar-refractivity contribution >= 4 is 12.1 Å². The predicted octanol–water partition coefficient (Wildman–Crippen LogP) is 2.67. The van der Waals surface area contributed by atoms with Crippen LogP contribution in [0, 0.1) is 0 Å². The zero-order valence-corrected chi connectivity index (χ0v) is 15.3. The van der Waals surface area contributed by atoms with Gasteiger partial charge < -0.3 is 14.8 Å². The summed E-state index contributed by atoms with van der Waals surface area (Å²) < 4.78 is 10.6. The van der Waals surface area contributed by atoms with Crippen LogP contribution in [0.5, 0.6) is 0 Å². The van der Waals surface area contributed by atoms with Crippen LogP contribution in [0.2, 0.25) is 0 Å². The Balaban J connectivity index is 1.85. The topological polar surface area (TPSA) is 67.9 Å². The highest BCUT2D eigenvalue weighted by atomic mass is 16.6. The molecule has 0 spiro atoms. The van der Waals surface area contributed by atoms with Crippen LogP contribution in [0.4, 0.5) is 4.79 Å². The molecule has 1 amide bonds. The van der Waals surface area contributed by atoms with Crippen LogP contribution in [-0.4, -0.2) is 48.3 Å². The molecule has 2 aliphatic heterocycles. The van der Waals surface area contributed by atoms with Gasteiger partial charge in [-0.25, -0.2) is 9.59 Å². The van der Waals surface area contributed by atoms with Gasteiger partial charge in [0, 0.05) is 19.1 Å². The van der Waals surface area contributed by atoms with Gasteiger partial charge in [0.1, 0.15) is 5.60 Å². The molecule has 1 N–H and O–H groups in total. The lowest BCUT2D eigenvalue weighted by atomic mass is 9.88.